The lowest BCUT2D eigenvalue weighted by molar-refractivity contribution is -0.137. The van der Waals surface area contributed by atoms with E-state index in [2.05, 4.69) is 15.4 Å². The molecule has 0 saturated heterocycles. The molecule has 2 heterocycles. The summed E-state index contributed by atoms with van der Waals surface area (Å²) in [5, 5.41) is 6.84. The lowest BCUT2D eigenvalue weighted by Gasteiger charge is -2.11. The third-order valence-corrected chi connectivity index (χ3v) is 4.61. The molecule has 2 aromatic heterocycles. The molecule has 3 aromatic rings. The monoisotopic (exact) mass is 431 g/mol. The van der Waals surface area contributed by atoms with E-state index in [1.165, 1.54) is 21.8 Å². The number of benzene rings is 1. The maximum atomic E-state index is 12.7. The van der Waals surface area contributed by atoms with Crippen molar-refractivity contribution in [2.75, 3.05) is 14.1 Å². The van der Waals surface area contributed by atoms with Crippen molar-refractivity contribution in [3.05, 3.63) is 76.7 Å². The minimum Gasteiger partial charge on any atom is -0.348 e. The van der Waals surface area contributed by atoms with Crippen LogP contribution in [0.2, 0.25) is 0 Å². The van der Waals surface area contributed by atoms with Crippen molar-refractivity contribution in [1.29, 1.82) is 0 Å². The van der Waals surface area contributed by atoms with Crippen LogP contribution in [0.1, 0.15) is 37.5 Å². The van der Waals surface area contributed by atoms with Gasteiger partial charge in [-0.2, -0.15) is 18.3 Å². The van der Waals surface area contributed by atoms with Gasteiger partial charge in [-0.15, -0.1) is 0 Å². The molecule has 3 rings (SSSR count). The molecule has 1 N–H and O–H groups in total. The van der Waals surface area contributed by atoms with Gasteiger partial charge in [0.15, 0.2) is 5.82 Å². The standard InChI is InChI=1S/C21H20F3N5O2/c1-13-17(12-27-29(13)18-9-8-16(11-25-18)21(22,23)24)19(30)26-10-14-4-6-15(7-5-14)20(31)28(2)3/h4-9,11-12H,10H2,1-3H3,(H,26,30). The molecule has 10 heteroatoms. The number of hydrogen-bond donors (Lipinski definition) is 1. The summed E-state index contributed by atoms with van der Waals surface area (Å²) in [6.07, 6.45) is -2.42. The Morgan fingerprint density at radius 2 is 1.74 bits per heavy atom. The summed E-state index contributed by atoms with van der Waals surface area (Å²) < 4.78 is 39.4. The maximum absolute atomic E-state index is 12.7. The first kappa shape index (κ1) is 22.0. The van der Waals surface area contributed by atoms with E-state index < -0.39 is 11.7 Å². The number of hydrogen-bond acceptors (Lipinski definition) is 4. The van der Waals surface area contributed by atoms with Crippen LogP contribution in [0.5, 0.6) is 0 Å². The van der Waals surface area contributed by atoms with Crippen molar-refractivity contribution in [1.82, 2.24) is 25.0 Å². The molecule has 2 amide bonds. The zero-order chi connectivity index (χ0) is 22.8. The lowest BCUT2D eigenvalue weighted by atomic mass is 10.1. The van der Waals surface area contributed by atoms with E-state index in [1.807, 2.05) is 0 Å². The first-order valence-electron chi connectivity index (χ1n) is 9.25. The predicted molar refractivity (Wildman–Crippen MR) is 107 cm³/mol. The number of halogens is 3. The van der Waals surface area contributed by atoms with Crippen LogP contribution in [0.25, 0.3) is 5.82 Å². The average molecular weight is 431 g/mol. The zero-order valence-electron chi connectivity index (χ0n) is 17.1. The zero-order valence-corrected chi connectivity index (χ0v) is 17.1. The Kier molecular flexibility index (Phi) is 6.09. The van der Waals surface area contributed by atoms with Crippen molar-refractivity contribution in [3.63, 3.8) is 0 Å². The van der Waals surface area contributed by atoms with Crippen molar-refractivity contribution in [2.24, 2.45) is 0 Å². The number of alkyl halides is 3. The predicted octanol–water partition coefficient (Wildman–Crippen LogP) is 3.23. The van der Waals surface area contributed by atoms with Crippen LogP contribution in [0.4, 0.5) is 13.2 Å². The molecular weight excluding hydrogens is 411 g/mol. The van der Waals surface area contributed by atoms with Gasteiger partial charge in [0, 0.05) is 32.4 Å². The molecule has 0 aliphatic heterocycles. The molecule has 0 atom stereocenters. The van der Waals surface area contributed by atoms with Gasteiger partial charge in [0.05, 0.1) is 23.0 Å². The van der Waals surface area contributed by atoms with Gasteiger partial charge < -0.3 is 10.2 Å². The maximum Gasteiger partial charge on any atom is 0.417 e. The van der Waals surface area contributed by atoms with Crippen molar-refractivity contribution < 1.29 is 22.8 Å². The summed E-state index contributed by atoms with van der Waals surface area (Å²) in [6, 6.07) is 8.97. The summed E-state index contributed by atoms with van der Waals surface area (Å²) in [5.41, 5.74) is 1.20. The largest absolute Gasteiger partial charge is 0.417 e. The molecule has 0 fully saturated rings. The van der Waals surface area contributed by atoms with Gasteiger partial charge in [0.1, 0.15) is 0 Å². The highest BCUT2D eigenvalue weighted by Gasteiger charge is 2.30. The topological polar surface area (TPSA) is 80.1 Å². The first-order valence-corrected chi connectivity index (χ1v) is 9.25. The Morgan fingerprint density at radius 3 is 2.29 bits per heavy atom. The molecule has 0 bridgehead atoms. The van der Waals surface area contributed by atoms with E-state index in [0.717, 1.165) is 17.8 Å². The molecule has 0 aliphatic rings. The molecule has 31 heavy (non-hydrogen) atoms. The number of carbonyl (C=O) groups is 2. The Balaban J connectivity index is 1.68. The summed E-state index contributed by atoms with van der Waals surface area (Å²) in [5.74, 6) is -0.328. The number of nitrogens with one attached hydrogen (secondary N) is 1. The van der Waals surface area contributed by atoms with Gasteiger partial charge in [-0.05, 0) is 36.8 Å². The van der Waals surface area contributed by atoms with Crippen LogP contribution < -0.4 is 5.32 Å². The molecular formula is C21H20F3N5O2. The van der Waals surface area contributed by atoms with Gasteiger partial charge in [-0.25, -0.2) is 9.67 Å². The second-order valence-electron chi connectivity index (χ2n) is 7.04. The normalized spacial score (nSPS) is 11.3. The van der Waals surface area contributed by atoms with Gasteiger partial charge in [0.2, 0.25) is 0 Å². The third-order valence-electron chi connectivity index (χ3n) is 4.61. The molecule has 0 saturated carbocycles. The van der Waals surface area contributed by atoms with Crippen LogP contribution >= 0.6 is 0 Å². The fourth-order valence-corrected chi connectivity index (χ4v) is 2.84. The van der Waals surface area contributed by atoms with Crippen LogP contribution in [-0.4, -0.2) is 45.6 Å². The molecule has 0 aliphatic carbocycles. The molecule has 1 aromatic carbocycles. The fourth-order valence-electron chi connectivity index (χ4n) is 2.84. The number of rotatable bonds is 5. The summed E-state index contributed by atoms with van der Waals surface area (Å²) in [7, 11) is 3.33. The van der Waals surface area contributed by atoms with E-state index >= 15 is 0 Å². The van der Waals surface area contributed by atoms with E-state index in [9.17, 15) is 22.8 Å². The highest BCUT2D eigenvalue weighted by Crippen LogP contribution is 2.28. The molecule has 0 radical (unpaired) electrons. The minimum absolute atomic E-state index is 0.115. The van der Waals surface area contributed by atoms with Gasteiger partial charge >= 0.3 is 6.18 Å². The summed E-state index contributed by atoms with van der Waals surface area (Å²) in [6.45, 7) is 1.86. The second-order valence-corrected chi connectivity index (χ2v) is 7.04. The van der Waals surface area contributed by atoms with Crippen LogP contribution in [0.3, 0.4) is 0 Å². The van der Waals surface area contributed by atoms with Crippen molar-refractivity contribution in [3.8, 4) is 5.82 Å². The van der Waals surface area contributed by atoms with E-state index in [4.69, 9.17) is 0 Å². The second kappa shape index (κ2) is 8.58. The first-order chi connectivity index (χ1) is 14.6. The Bertz CT molecular complexity index is 1090. The van der Waals surface area contributed by atoms with Crippen molar-refractivity contribution in [2.45, 2.75) is 19.6 Å². The number of nitrogens with zero attached hydrogens (tertiary/aromatic N) is 4. The SMILES string of the molecule is Cc1c(C(=O)NCc2ccc(C(=O)N(C)C)cc2)cnn1-c1ccc(C(F)(F)F)cn1. The molecule has 0 spiro atoms. The van der Waals surface area contributed by atoms with Crippen LogP contribution in [0.15, 0.2) is 48.8 Å². The number of carbonyl (C=O) groups excluding carboxylic acids is 2. The molecule has 162 valence electrons. The van der Waals surface area contributed by atoms with Crippen LogP contribution in [-0.2, 0) is 12.7 Å². The Morgan fingerprint density at radius 1 is 1.06 bits per heavy atom. The highest BCUT2D eigenvalue weighted by atomic mass is 19.4. The minimum atomic E-state index is -4.48. The van der Waals surface area contributed by atoms with Gasteiger partial charge in [0.25, 0.3) is 11.8 Å². The summed E-state index contributed by atoms with van der Waals surface area (Å²) >= 11 is 0. The van der Waals surface area contributed by atoms with Gasteiger partial charge in [-0.3, -0.25) is 9.59 Å². The number of pyridine rings is 1. The smallest absolute Gasteiger partial charge is 0.348 e. The number of amides is 2. The van der Waals surface area contributed by atoms with E-state index in [-0.39, 0.29) is 29.7 Å². The quantitative estimate of drug-likeness (QED) is 0.673. The molecule has 0 unspecified atom stereocenters. The lowest BCUT2D eigenvalue weighted by Crippen LogP contribution is -2.24. The van der Waals surface area contributed by atoms with Crippen LogP contribution in [0, 0.1) is 6.92 Å². The average Bonchev–Trinajstić information content (AvgIpc) is 3.12. The van der Waals surface area contributed by atoms with Gasteiger partial charge in [-0.1, -0.05) is 12.1 Å². The fraction of sp³-hybridized carbons (Fsp3) is 0.238. The van der Waals surface area contributed by atoms with E-state index in [1.54, 1.807) is 45.3 Å². The number of aromatic nitrogens is 3. The van der Waals surface area contributed by atoms with E-state index in [0.29, 0.717) is 11.3 Å². The third kappa shape index (κ3) is 4.90. The Labute approximate surface area is 176 Å². The van der Waals surface area contributed by atoms with Crippen molar-refractivity contribution >= 4 is 11.8 Å². The highest BCUT2D eigenvalue weighted by molar-refractivity contribution is 5.95. The summed E-state index contributed by atoms with van der Waals surface area (Å²) in [4.78, 5) is 29.7. The molecule has 7 nitrogen and oxygen atoms in total. The Hall–Kier alpha value is -3.69.